The maximum Gasteiger partial charge on any atom is 0.465 e. The van der Waals surface area contributed by atoms with Gasteiger partial charge in [-0.25, -0.2) is 4.79 Å². The Morgan fingerprint density at radius 1 is 0.973 bits per heavy atom. The molecule has 4 rings (SSSR count). The van der Waals surface area contributed by atoms with Crippen LogP contribution in [0, 0.1) is 22.7 Å². The number of amides is 1. The van der Waals surface area contributed by atoms with Crippen molar-refractivity contribution in [3.63, 3.8) is 0 Å². The number of esters is 1. The summed E-state index contributed by atoms with van der Waals surface area (Å²) >= 11 is 0.139. The van der Waals surface area contributed by atoms with Crippen LogP contribution in [0.25, 0.3) is 0 Å². The Hall–Kier alpha value is -1.69. The lowest BCUT2D eigenvalue weighted by Crippen LogP contribution is -2.67. The summed E-state index contributed by atoms with van der Waals surface area (Å²) in [6, 6.07) is 0. The summed E-state index contributed by atoms with van der Waals surface area (Å²) in [5.74, 6) is -27.6. The van der Waals surface area contributed by atoms with Crippen LogP contribution in [-0.4, -0.2) is 66.5 Å². The second-order valence-corrected chi connectivity index (χ2v) is 12.1. The lowest BCUT2D eigenvalue weighted by Gasteiger charge is -2.61. The van der Waals surface area contributed by atoms with Crippen LogP contribution in [0.1, 0.15) is 38.5 Å². The summed E-state index contributed by atoms with van der Waals surface area (Å²) in [6.45, 7) is -1.02. The van der Waals surface area contributed by atoms with Crippen LogP contribution in [0.3, 0.4) is 0 Å². The lowest BCUT2D eigenvalue weighted by atomic mass is 9.43. The first kappa shape index (κ1) is 29.9. The van der Waals surface area contributed by atoms with Crippen molar-refractivity contribution in [3.05, 3.63) is 0 Å². The third-order valence-corrected chi connectivity index (χ3v) is 8.49. The minimum Gasteiger partial charge on any atom is -0.460 e. The van der Waals surface area contributed by atoms with E-state index in [0.717, 1.165) is 6.26 Å². The summed E-state index contributed by atoms with van der Waals surface area (Å²) in [7, 11) is -6.22. The van der Waals surface area contributed by atoms with Crippen molar-refractivity contribution in [1.82, 2.24) is 4.72 Å². The number of halogens is 8. The van der Waals surface area contributed by atoms with Crippen LogP contribution < -0.4 is 4.72 Å². The third kappa shape index (κ3) is 4.59. The van der Waals surface area contributed by atoms with E-state index in [0.29, 0.717) is 6.42 Å². The molecule has 4 aliphatic carbocycles. The zero-order valence-corrected chi connectivity index (χ0v) is 20.5. The molecule has 2 atom stereocenters. The minimum atomic E-state index is -6.43. The molecule has 2 N–H and O–H groups in total. The van der Waals surface area contributed by atoms with Crippen LogP contribution >= 0.6 is 11.9 Å². The fraction of sp³-hybridized carbons (Fsp3) is 0.842. The monoisotopic (exact) mass is 591 g/mol. The van der Waals surface area contributed by atoms with Crippen molar-refractivity contribution in [2.24, 2.45) is 22.7 Å². The van der Waals surface area contributed by atoms with E-state index in [-0.39, 0.29) is 24.8 Å². The van der Waals surface area contributed by atoms with Gasteiger partial charge in [0, 0.05) is 17.1 Å². The molecule has 2 unspecified atom stereocenters. The largest absolute Gasteiger partial charge is 0.465 e. The van der Waals surface area contributed by atoms with E-state index in [1.165, 1.54) is 4.72 Å². The van der Waals surface area contributed by atoms with Gasteiger partial charge in [0.25, 0.3) is 0 Å². The number of carbonyl (C=O) groups excluding carboxylic acids is 3. The number of carbonyl (C=O) groups is 3. The topological polar surface area (TPSA) is 127 Å². The molecule has 4 aliphatic rings. The highest BCUT2D eigenvalue weighted by atomic mass is 32.2. The molecular weight excluding hydrogens is 570 g/mol. The number of Topliss-reactive ketones (excluding diaryl/α,β-unsaturated/α-hetero) is 1. The van der Waals surface area contributed by atoms with E-state index in [2.05, 4.69) is 4.74 Å². The van der Waals surface area contributed by atoms with Gasteiger partial charge in [0.2, 0.25) is 5.78 Å². The predicted octanol–water partition coefficient (Wildman–Crippen LogP) is 3.47. The van der Waals surface area contributed by atoms with Gasteiger partial charge in [-0.3, -0.25) is 18.9 Å². The molecule has 18 heteroatoms. The van der Waals surface area contributed by atoms with Crippen LogP contribution in [0.15, 0.2) is 0 Å². The molecule has 1 amide bonds. The molecule has 0 saturated heterocycles. The first-order chi connectivity index (χ1) is 16.6. The second kappa shape index (κ2) is 8.93. The van der Waals surface area contributed by atoms with E-state index in [1.807, 2.05) is 0 Å². The zero-order valence-electron chi connectivity index (χ0n) is 18.8. The number of rotatable bonds is 10. The second-order valence-electron chi connectivity index (χ2n) is 10.00. The fourth-order valence-corrected chi connectivity index (χ4v) is 6.85. The maximum absolute atomic E-state index is 14.9. The summed E-state index contributed by atoms with van der Waals surface area (Å²) in [5.41, 5.74) is -3.81. The molecular formula is C19H21F8NO7S2. The standard InChI is InChI=1S/C19H21F8NO7S2/c1-36-28-12(30)17(22,23)19(26,27)16(20,21)11(29)15-5-9-2-10(6-15)4-14(3-9,7-15)8-35-13(31)18(24,25)37(32,33)34/h9-10H,2-8H2,1H3,(H,28,30)(H,32,33,34). The molecule has 0 spiro atoms. The summed E-state index contributed by atoms with van der Waals surface area (Å²) in [6.07, 6.45) is -0.204. The van der Waals surface area contributed by atoms with Gasteiger partial charge < -0.3 is 4.74 Å². The van der Waals surface area contributed by atoms with Gasteiger partial charge in [-0.15, -0.1) is 0 Å². The van der Waals surface area contributed by atoms with E-state index in [1.54, 1.807) is 0 Å². The minimum absolute atomic E-state index is 0.0114. The smallest absolute Gasteiger partial charge is 0.460 e. The normalized spacial score (nSPS) is 30.2. The quantitative estimate of drug-likeness (QED) is 0.171. The highest BCUT2D eigenvalue weighted by Gasteiger charge is 2.80. The van der Waals surface area contributed by atoms with Crippen LogP contribution in [0.5, 0.6) is 0 Å². The number of alkyl halides is 8. The molecule has 212 valence electrons. The van der Waals surface area contributed by atoms with E-state index in [4.69, 9.17) is 4.55 Å². The molecule has 37 heavy (non-hydrogen) atoms. The average Bonchev–Trinajstić information content (AvgIpc) is 2.75. The number of ketones is 1. The number of hydrogen-bond donors (Lipinski definition) is 2. The van der Waals surface area contributed by atoms with Gasteiger partial charge >= 0.3 is 45.0 Å². The molecule has 0 aliphatic heterocycles. The summed E-state index contributed by atoms with van der Waals surface area (Å²) in [5, 5.41) is -5.36. The summed E-state index contributed by atoms with van der Waals surface area (Å²) in [4.78, 5) is 35.9. The molecule has 4 bridgehead atoms. The van der Waals surface area contributed by atoms with Crippen LogP contribution in [0.2, 0.25) is 0 Å². The van der Waals surface area contributed by atoms with Gasteiger partial charge in [-0.1, -0.05) is 11.9 Å². The fourth-order valence-electron chi connectivity index (χ4n) is 6.27. The summed E-state index contributed by atoms with van der Waals surface area (Å²) < 4.78 is 150. The van der Waals surface area contributed by atoms with Gasteiger partial charge in [0.1, 0.15) is 0 Å². The van der Waals surface area contributed by atoms with Crippen molar-refractivity contribution in [2.45, 2.75) is 61.5 Å². The molecule has 0 aromatic heterocycles. The van der Waals surface area contributed by atoms with Crippen LogP contribution in [0.4, 0.5) is 35.1 Å². The van der Waals surface area contributed by atoms with Crippen molar-refractivity contribution in [1.29, 1.82) is 0 Å². The Morgan fingerprint density at radius 2 is 1.49 bits per heavy atom. The molecule has 0 aromatic rings. The Balaban J connectivity index is 1.90. The van der Waals surface area contributed by atoms with Gasteiger partial charge in [-0.2, -0.15) is 43.5 Å². The number of nitrogens with one attached hydrogen (secondary N) is 1. The molecule has 0 aromatic carbocycles. The van der Waals surface area contributed by atoms with E-state index in [9.17, 15) is 57.9 Å². The maximum atomic E-state index is 14.9. The highest BCUT2D eigenvalue weighted by Crippen LogP contribution is 2.67. The Kier molecular flexibility index (Phi) is 7.20. The van der Waals surface area contributed by atoms with Crippen molar-refractivity contribution in [2.75, 3.05) is 12.9 Å². The number of hydrogen-bond acceptors (Lipinski definition) is 7. The molecule has 8 nitrogen and oxygen atoms in total. The van der Waals surface area contributed by atoms with Crippen molar-refractivity contribution >= 4 is 39.7 Å². The highest BCUT2D eigenvalue weighted by molar-refractivity contribution is 7.97. The van der Waals surface area contributed by atoms with Crippen molar-refractivity contribution in [3.8, 4) is 0 Å². The molecule has 4 saturated carbocycles. The zero-order chi connectivity index (χ0) is 28.5. The lowest BCUT2D eigenvalue weighted by molar-refractivity contribution is -0.292. The van der Waals surface area contributed by atoms with Gasteiger partial charge in [-0.05, 0) is 50.4 Å². The molecule has 0 radical (unpaired) electrons. The first-order valence-electron chi connectivity index (χ1n) is 10.6. The van der Waals surface area contributed by atoms with Gasteiger partial charge in [0.05, 0.1) is 6.61 Å². The number of ether oxygens (including phenoxy) is 1. The SMILES string of the molecule is CSNC(=O)C(F)(F)C(F)(F)C(F)(F)C(=O)C12CC3CC(CC(COC(=O)C(F)(F)S(=O)(=O)O)(C3)C1)C2. The Labute approximate surface area is 209 Å². The predicted molar refractivity (Wildman–Crippen MR) is 109 cm³/mol. The van der Waals surface area contributed by atoms with E-state index < -0.39 is 99.3 Å². The molecule has 4 fully saturated rings. The molecule has 0 heterocycles. The van der Waals surface area contributed by atoms with Gasteiger partial charge in [0.15, 0.2) is 0 Å². The Bertz CT molecular complexity index is 1080. The van der Waals surface area contributed by atoms with Crippen molar-refractivity contribution < 1.29 is 67.2 Å². The first-order valence-corrected chi connectivity index (χ1v) is 13.3. The average molecular weight is 591 g/mol. The third-order valence-electron chi connectivity index (χ3n) is 7.29. The Morgan fingerprint density at radius 3 is 1.95 bits per heavy atom. The van der Waals surface area contributed by atoms with E-state index >= 15 is 0 Å². The van der Waals surface area contributed by atoms with Crippen LogP contribution in [-0.2, 0) is 29.2 Å².